The first-order valence-corrected chi connectivity index (χ1v) is 19.8. The van der Waals surface area contributed by atoms with Gasteiger partial charge in [-0.05, 0) is 86.7 Å². The van der Waals surface area contributed by atoms with Crippen LogP contribution >= 0.6 is 0 Å². The van der Waals surface area contributed by atoms with Gasteiger partial charge in [0.2, 0.25) is 0 Å². The zero-order valence-corrected chi connectivity index (χ0v) is 34.8. The van der Waals surface area contributed by atoms with Gasteiger partial charge in [-0.1, -0.05) is 27.7 Å². The highest BCUT2D eigenvalue weighted by Gasteiger charge is 2.55. The van der Waals surface area contributed by atoms with Gasteiger partial charge < -0.3 is 59.9 Å². The van der Waals surface area contributed by atoms with Gasteiger partial charge in [0.25, 0.3) is 0 Å². The van der Waals surface area contributed by atoms with E-state index in [1.807, 2.05) is 58.5 Å². The molecule has 0 aromatic rings. The summed E-state index contributed by atoms with van der Waals surface area (Å²) in [4.78, 5) is 18.3. The van der Waals surface area contributed by atoms with Gasteiger partial charge in [-0.15, -0.1) is 0 Å². The number of likely N-dealkylation sites (N-methyl/N-ethyl adjacent to an activating group) is 1. The molecule has 0 aliphatic carbocycles. The average molecular weight is 762 g/mol. The van der Waals surface area contributed by atoms with Crippen LogP contribution in [0.5, 0.6) is 0 Å². The van der Waals surface area contributed by atoms with Crippen LogP contribution in [0.3, 0.4) is 0 Å². The third kappa shape index (κ3) is 10.3. The molecule has 14 heteroatoms. The Kier molecular flexibility index (Phi) is 16.2. The molecule has 3 saturated heterocycles. The fraction of sp³-hybridized carbons (Fsp3) is 0.974. The van der Waals surface area contributed by atoms with Gasteiger partial charge in [0, 0.05) is 51.2 Å². The van der Waals surface area contributed by atoms with E-state index in [2.05, 4.69) is 0 Å². The van der Waals surface area contributed by atoms with Crippen LogP contribution < -0.4 is 5.73 Å². The molecule has 53 heavy (non-hydrogen) atoms. The van der Waals surface area contributed by atoms with E-state index in [0.717, 1.165) is 0 Å². The van der Waals surface area contributed by atoms with Gasteiger partial charge >= 0.3 is 5.97 Å². The molecular formula is C39H75N3O11. The lowest BCUT2D eigenvalue weighted by atomic mass is 9.68. The molecule has 312 valence electrons. The Morgan fingerprint density at radius 1 is 0.981 bits per heavy atom. The first kappa shape index (κ1) is 46.4. The molecule has 3 rings (SSSR count). The highest BCUT2D eigenvalue weighted by molar-refractivity contribution is 5.73. The van der Waals surface area contributed by atoms with Crippen molar-refractivity contribution in [2.45, 2.75) is 179 Å². The lowest BCUT2D eigenvalue weighted by Crippen LogP contribution is -2.61. The van der Waals surface area contributed by atoms with E-state index >= 15 is 0 Å². The lowest BCUT2D eigenvalue weighted by Gasteiger charge is -2.51. The van der Waals surface area contributed by atoms with Gasteiger partial charge in [0.1, 0.15) is 30.0 Å². The van der Waals surface area contributed by atoms with Crippen LogP contribution in [-0.4, -0.2) is 166 Å². The second-order valence-electron chi connectivity index (χ2n) is 17.6. The van der Waals surface area contributed by atoms with Crippen molar-refractivity contribution in [3.8, 4) is 0 Å². The van der Waals surface area contributed by atoms with Crippen molar-refractivity contribution in [1.82, 2.24) is 9.80 Å². The molecule has 7 N–H and O–H groups in total. The molecule has 3 aliphatic heterocycles. The average Bonchev–Trinajstić information content (AvgIpc) is 3.07. The SMILES string of the molecule is CC[C@H]1OC(=O)[C@H](C)C([C@H]2C[C@@](C)(OC)[C@@H](O)[C@H](C)O2)[C@H](C)[C@@H](O[C@@H]2O[C@H](C)C[C@H](N(C)C)[C@H]2O)[C@](C)(O)C[C@@H](C)CN(CCN)[C@H](C)[C@@H](O)[C@]1(C)O. The first-order chi connectivity index (χ1) is 24.5. The Hall–Kier alpha value is -1.01. The number of methoxy groups -OCH3 is 1. The smallest absolute Gasteiger partial charge is 0.309 e. The van der Waals surface area contributed by atoms with E-state index in [0.29, 0.717) is 26.1 Å². The number of hydrogen-bond donors (Lipinski definition) is 6. The summed E-state index contributed by atoms with van der Waals surface area (Å²) in [5, 5.41) is 59.0. The summed E-state index contributed by atoms with van der Waals surface area (Å²) in [5.41, 5.74) is 1.65. The highest BCUT2D eigenvalue weighted by atomic mass is 16.7. The molecule has 0 radical (unpaired) electrons. The second kappa shape index (κ2) is 18.5. The minimum Gasteiger partial charge on any atom is -0.459 e. The summed E-state index contributed by atoms with van der Waals surface area (Å²) < 4.78 is 31.6. The number of ether oxygens (including phenoxy) is 5. The lowest BCUT2D eigenvalue weighted by molar-refractivity contribution is -0.302. The van der Waals surface area contributed by atoms with E-state index in [4.69, 9.17) is 29.4 Å². The quantitative estimate of drug-likeness (QED) is 0.195. The number of aliphatic hydroxyl groups excluding tert-OH is 3. The molecule has 14 nitrogen and oxygen atoms in total. The minimum absolute atomic E-state index is 0.168. The molecule has 3 fully saturated rings. The van der Waals surface area contributed by atoms with E-state index < -0.39 is 95.6 Å². The van der Waals surface area contributed by atoms with Gasteiger partial charge in [0.15, 0.2) is 6.29 Å². The van der Waals surface area contributed by atoms with Gasteiger partial charge in [-0.3, -0.25) is 9.69 Å². The Labute approximate surface area is 318 Å². The van der Waals surface area contributed by atoms with Crippen LogP contribution in [0.2, 0.25) is 0 Å². The molecule has 0 bridgehead atoms. The number of hydrogen-bond acceptors (Lipinski definition) is 14. The minimum atomic E-state index is -1.82. The standard InChI is InChI=1S/C39H75N3O11/c1-14-29-39(10,48)32(44)25(6)42(16-15-40)20-21(2)18-37(8,47)34(53-36-31(43)27(41(11)12)17-22(3)50-36)23(4)30(24(5)35(46)52-29)28-19-38(9,49-13)33(45)26(7)51-28/h21-34,36,43-45,47-48H,14-20,40H2,1-13H3/t21-,22-,23+,24-,25-,26+,27+,28-,29-,30?,31-,32-,33+,34-,36+,37-,38-,39-/m1/s1. The largest absolute Gasteiger partial charge is 0.459 e. The normalized spacial score (nSPS) is 48.9. The van der Waals surface area contributed by atoms with E-state index in [9.17, 15) is 30.3 Å². The highest BCUT2D eigenvalue weighted by Crippen LogP contribution is 2.45. The van der Waals surface area contributed by atoms with Crippen molar-refractivity contribution in [2.24, 2.45) is 29.4 Å². The number of carbonyl (C=O) groups excluding carboxylic acids is 1. The maximum absolute atomic E-state index is 14.4. The molecule has 0 aromatic carbocycles. The summed E-state index contributed by atoms with van der Waals surface area (Å²) in [7, 11) is 5.32. The van der Waals surface area contributed by atoms with Crippen LogP contribution in [0.15, 0.2) is 0 Å². The predicted octanol–water partition coefficient (Wildman–Crippen LogP) is 1.50. The van der Waals surface area contributed by atoms with Crippen LogP contribution in [0, 0.1) is 23.7 Å². The zero-order valence-electron chi connectivity index (χ0n) is 34.8. The topological polar surface area (TPSA) is 197 Å². The van der Waals surface area contributed by atoms with Crippen molar-refractivity contribution in [3.05, 3.63) is 0 Å². The number of carbonyl (C=O) groups is 1. The van der Waals surface area contributed by atoms with Crippen molar-refractivity contribution in [3.63, 3.8) is 0 Å². The predicted molar refractivity (Wildman–Crippen MR) is 201 cm³/mol. The maximum atomic E-state index is 14.4. The molecule has 18 atom stereocenters. The number of rotatable bonds is 8. The molecule has 0 amide bonds. The summed E-state index contributed by atoms with van der Waals surface area (Å²) in [5.74, 6) is -2.99. The molecule has 0 saturated carbocycles. The van der Waals surface area contributed by atoms with E-state index in [-0.39, 0.29) is 37.3 Å². The van der Waals surface area contributed by atoms with E-state index in [1.165, 1.54) is 14.0 Å². The van der Waals surface area contributed by atoms with Crippen molar-refractivity contribution >= 4 is 5.97 Å². The monoisotopic (exact) mass is 762 g/mol. The summed E-state index contributed by atoms with van der Waals surface area (Å²) >= 11 is 0. The van der Waals surface area contributed by atoms with Crippen LogP contribution in [0.25, 0.3) is 0 Å². The Morgan fingerprint density at radius 2 is 1.60 bits per heavy atom. The first-order valence-electron chi connectivity index (χ1n) is 19.8. The summed E-state index contributed by atoms with van der Waals surface area (Å²) in [6, 6.07) is -0.849. The van der Waals surface area contributed by atoms with Crippen molar-refractivity contribution < 1.29 is 54.0 Å². The maximum Gasteiger partial charge on any atom is 0.309 e. The number of nitrogens with zero attached hydrogens (tertiary/aromatic N) is 2. The molecule has 0 spiro atoms. The van der Waals surface area contributed by atoms with Gasteiger partial charge in [0.05, 0.1) is 41.5 Å². The third-order valence-electron chi connectivity index (χ3n) is 12.8. The zero-order chi connectivity index (χ0) is 40.4. The van der Waals surface area contributed by atoms with Crippen LogP contribution in [-0.2, 0) is 28.5 Å². The Bertz CT molecular complexity index is 1160. The summed E-state index contributed by atoms with van der Waals surface area (Å²) in [6.07, 6.45) is -6.77. The second-order valence-corrected chi connectivity index (χ2v) is 17.6. The van der Waals surface area contributed by atoms with Crippen LogP contribution in [0.4, 0.5) is 0 Å². The fourth-order valence-corrected chi connectivity index (χ4v) is 9.61. The number of cyclic esters (lactones) is 1. The molecule has 1 unspecified atom stereocenters. The Balaban J connectivity index is 2.25. The number of aliphatic hydroxyl groups is 5. The van der Waals surface area contributed by atoms with Crippen molar-refractivity contribution in [1.29, 1.82) is 0 Å². The summed E-state index contributed by atoms with van der Waals surface area (Å²) in [6.45, 7) is 19.1. The Morgan fingerprint density at radius 3 is 2.15 bits per heavy atom. The van der Waals surface area contributed by atoms with Crippen LogP contribution in [0.1, 0.15) is 94.9 Å². The number of nitrogens with two attached hydrogens (primary N) is 1. The van der Waals surface area contributed by atoms with E-state index in [1.54, 1.807) is 27.7 Å². The fourth-order valence-electron chi connectivity index (χ4n) is 9.61. The molecular weight excluding hydrogens is 686 g/mol. The molecule has 0 aromatic heterocycles. The number of esters is 1. The molecule has 3 heterocycles. The van der Waals surface area contributed by atoms with Gasteiger partial charge in [-0.25, -0.2) is 0 Å². The van der Waals surface area contributed by atoms with Gasteiger partial charge in [-0.2, -0.15) is 0 Å². The van der Waals surface area contributed by atoms with Crippen molar-refractivity contribution in [2.75, 3.05) is 40.8 Å². The third-order valence-corrected chi connectivity index (χ3v) is 12.8. The molecule has 3 aliphatic rings.